The third-order valence-corrected chi connectivity index (χ3v) is 3.86. The van der Waals surface area contributed by atoms with Gasteiger partial charge in [-0.3, -0.25) is 0 Å². The van der Waals surface area contributed by atoms with Crippen LogP contribution < -0.4 is 10.6 Å². The summed E-state index contributed by atoms with van der Waals surface area (Å²) in [5.41, 5.74) is 10.3. The average molecular weight is 289 g/mol. The predicted molar refractivity (Wildman–Crippen MR) is 84.5 cm³/mol. The number of hydrogen-bond acceptors (Lipinski definition) is 2. The van der Waals surface area contributed by atoms with Crippen molar-refractivity contribution < 1.29 is 0 Å². The molecule has 19 heavy (non-hydrogen) atoms. The van der Waals surface area contributed by atoms with Crippen LogP contribution in [-0.2, 0) is 6.42 Å². The van der Waals surface area contributed by atoms with Crippen LogP contribution in [0.15, 0.2) is 42.5 Å². The van der Waals surface area contributed by atoms with Gasteiger partial charge in [-0.1, -0.05) is 42.0 Å². The second kappa shape index (κ2) is 4.83. The molecule has 3 rings (SSSR count). The van der Waals surface area contributed by atoms with Gasteiger partial charge in [0.25, 0.3) is 0 Å². The summed E-state index contributed by atoms with van der Waals surface area (Å²) in [6.45, 7) is 0.941. The monoisotopic (exact) mass is 288 g/mol. The van der Waals surface area contributed by atoms with Crippen LogP contribution in [0.5, 0.6) is 0 Å². The van der Waals surface area contributed by atoms with E-state index in [0.29, 0.717) is 10.0 Å². The van der Waals surface area contributed by atoms with Gasteiger partial charge in [-0.05, 0) is 36.2 Å². The highest BCUT2D eigenvalue weighted by Gasteiger charge is 2.22. The largest absolute Gasteiger partial charge is 0.389 e. The summed E-state index contributed by atoms with van der Waals surface area (Å²) < 4.78 is 0. The van der Waals surface area contributed by atoms with Gasteiger partial charge in [0.15, 0.2) is 0 Å². The van der Waals surface area contributed by atoms with E-state index < -0.39 is 0 Å². The summed E-state index contributed by atoms with van der Waals surface area (Å²) in [6, 6.07) is 14.1. The Morgan fingerprint density at radius 3 is 2.74 bits per heavy atom. The van der Waals surface area contributed by atoms with Gasteiger partial charge >= 0.3 is 0 Å². The standard InChI is InChI=1S/C15H13ClN2S/c16-11-5-6-14(12(9-11)15(17)19)18-8-7-10-3-1-2-4-13(10)18/h1-6,9H,7-8H2,(H2,17,19). The average Bonchev–Trinajstić information content (AvgIpc) is 2.82. The topological polar surface area (TPSA) is 29.3 Å². The third-order valence-electron chi connectivity index (χ3n) is 3.40. The highest BCUT2D eigenvalue weighted by molar-refractivity contribution is 7.80. The van der Waals surface area contributed by atoms with Crippen LogP contribution in [0.25, 0.3) is 0 Å². The van der Waals surface area contributed by atoms with Crippen LogP contribution in [0, 0.1) is 0 Å². The van der Waals surface area contributed by atoms with Crippen molar-refractivity contribution in [2.75, 3.05) is 11.4 Å². The van der Waals surface area contributed by atoms with E-state index in [1.165, 1.54) is 11.3 Å². The fourth-order valence-electron chi connectivity index (χ4n) is 2.53. The lowest BCUT2D eigenvalue weighted by atomic mass is 10.1. The maximum absolute atomic E-state index is 6.03. The van der Waals surface area contributed by atoms with Gasteiger partial charge in [0, 0.05) is 22.8 Å². The Morgan fingerprint density at radius 2 is 1.95 bits per heavy atom. The van der Waals surface area contributed by atoms with E-state index in [9.17, 15) is 0 Å². The van der Waals surface area contributed by atoms with Gasteiger partial charge in [-0.2, -0.15) is 0 Å². The number of benzene rings is 2. The second-order valence-corrected chi connectivity index (χ2v) is 5.43. The Kier molecular flexibility index (Phi) is 3.17. The maximum atomic E-state index is 6.03. The minimum Gasteiger partial charge on any atom is -0.389 e. The number of nitrogens with two attached hydrogens (primary N) is 1. The first kappa shape index (κ1) is 12.5. The van der Waals surface area contributed by atoms with Crippen molar-refractivity contribution in [3.8, 4) is 0 Å². The van der Waals surface area contributed by atoms with Crippen molar-refractivity contribution in [3.05, 3.63) is 58.6 Å². The van der Waals surface area contributed by atoms with Crippen LogP contribution in [0.1, 0.15) is 11.1 Å². The Bertz CT molecular complexity index is 654. The van der Waals surface area contributed by atoms with Crippen molar-refractivity contribution >= 4 is 40.2 Å². The minimum absolute atomic E-state index is 0.377. The summed E-state index contributed by atoms with van der Waals surface area (Å²) in [4.78, 5) is 2.63. The molecule has 0 spiro atoms. The number of anilines is 2. The summed E-state index contributed by atoms with van der Waals surface area (Å²) in [5.74, 6) is 0. The van der Waals surface area contributed by atoms with Crippen LogP contribution in [0.2, 0.25) is 5.02 Å². The number of para-hydroxylation sites is 1. The summed E-state index contributed by atoms with van der Waals surface area (Å²) in [7, 11) is 0. The van der Waals surface area contributed by atoms with Crippen LogP contribution in [-0.4, -0.2) is 11.5 Å². The Hall–Kier alpha value is -1.58. The van der Waals surface area contributed by atoms with Gasteiger partial charge in [0.2, 0.25) is 0 Å². The number of fused-ring (bicyclic) bond motifs is 1. The van der Waals surface area contributed by atoms with Crippen molar-refractivity contribution in [1.29, 1.82) is 0 Å². The predicted octanol–water partition coefficient (Wildman–Crippen LogP) is 3.67. The Balaban J connectivity index is 2.12. The number of hydrogen-bond donors (Lipinski definition) is 1. The first-order valence-electron chi connectivity index (χ1n) is 6.11. The summed E-state index contributed by atoms with van der Waals surface area (Å²) >= 11 is 11.2. The van der Waals surface area contributed by atoms with E-state index in [4.69, 9.17) is 29.6 Å². The second-order valence-electron chi connectivity index (χ2n) is 4.56. The van der Waals surface area contributed by atoms with E-state index >= 15 is 0 Å². The zero-order valence-corrected chi connectivity index (χ0v) is 11.8. The van der Waals surface area contributed by atoms with E-state index in [1.807, 2.05) is 24.3 Å². The molecule has 0 fully saturated rings. The van der Waals surface area contributed by atoms with Gasteiger partial charge in [0.05, 0.1) is 5.69 Å². The molecular weight excluding hydrogens is 276 g/mol. The van der Waals surface area contributed by atoms with Crippen molar-refractivity contribution in [2.45, 2.75) is 6.42 Å². The summed E-state index contributed by atoms with van der Waals surface area (Å²) in [6.07, 6.45) is 1.04. The molecule has 0 bridgehead atoms. The zero-order valence-electron chi connectivity index (χ0n) is 10.3. The minimum atomic E-state index is 0.377. The van der Waals surface area contributed by atoms with E-state index in [1.54, 1.807) is 0 Å². The van der Waals surface area contributed by atoms with Gasteiger partial charge in [-0.25, -0.2) is 0 Å². The number of halogens is 1. The Morgan fingerprint density at radius 1 is 1.16 bits per heavy atom. The lowest BCUT2D eigenvalue weighted by molar-refractivity contribution is 0.997. The highest BCUT2D eigenvalue weighted by Crippen LogP contribution is 2.36. The molecule has 0 radical (unpaired) electrons. The molecular formula is C15H13ClN2S. The molecule has 2 aromatic rings. The van der Waals surface area contributed by atoms with E-state index in [0.717, 1.165) is 24.2 Å². The van der Waals surface area contributed by atoms with Crippen LogP contribution in [0.3, 0.4) is 0 Å². The molecule has 0 aromatic heterocycles. The zero-order chi connectivity index (χ0) is 13.4. The lowest BCUT2D eigenvalue weighted by Crippen LogP contribution is -2.19. The molecule has 0 unspecified atom stereocenters. The molecule has 0 saturated heterocycles. The van der Waals surface area contributed by atoms with Gasteiger partial charge in [-0.15, -0.1) is 0 Å². The Labute approximate surface area is 122 Å². The van der Waals surface area contributed by atoms with E-state index in [-0.39, 0.29) is 0 Å². The molecule has 1 heterocycles. The molecule has 2 aromatic carbocycles. The SMILES string of the molecule is NC(=S)c1cc(Cl)ccc1N1CCc2ccccc21. The van der Waals surface area contributed by atoms with Crippen molar-refractivity contribution in [3.63, 3.8) is 0 Å². The quantitative estimate of drug-likeness (QED) is 0.855. The molecule has 1 aliphatic heterocycles. The van der Waals surface area contributed by atoms with Crippen molar-refractivity contribution in [2.24, 2.45) is 5.73 Å². The molecule has 0 atom stereocenters. The first-order chi connectivity index (χ1) is 9.16. The van der Waals surface area contributed by atoms with Crippen molar-refractivity contribution in [1.82, 2.24) is 0 Å². The maximum Gasteiger partial charge on any atom is 0.106 e. The highest BCUT2D eigenvalue weighted by atomic mass is 35.5. The number of thiocarbonyl (C=S) groups is 1. The molecule has 2 N–H and O–H groups in total. The molecule has 0 amide bonds. The fourth-order valence-corrected chi connectivity index (χ4v) is 2.87. The van der Waals surface area contributed by atoms with Gasteiger partial charge in [0.1, 0.15) is 4.99 Å². The summed E-state index contributed by atoms with van der Waals surface area (Å²) in [5, 5.41) is 0.652. The third kappa shape index (κ3) is 2.20. The normalized spacial score (nSPS) is 13.4. The van der Waals surface area contributed by atoms with E-state index in [2.05, 4.69) is 23.1 Å². The molecule has 4 heteroatoms. The molecule has 0 aliphatic carbocycles. The smallest absolute Gasteiger partial charge is 0.106 e. The molecule has 1 aliphatic rings. The van der Waals surface area contributed by atoms with Gasteiger partial charge < -0.3 is 10.6 Å². The molecule has 2 nitrogen and oxygen atoms in total. The van der Waals surface area contributed by atoms with Crippen LogP contribution in [0.4, 0.5) is 11.4 Å². The number of nitrogens with zero attached hydrogens (tertiary/aromatic N) is 1. The molecule has 96 valence electrons. The van der Waals surface area contributed by atoms with Crippen LogP contribution >= 0.6 is 23.8 Å². The fraction of sp³-hybridized carbons (Fsp3) is 0.133. The lowest BCUT2D eigenvalue weighted by Gasteiger charge is -2.22. The first-order valence-corrected chi connectivity index (χ1v) is 6.90. The molecule has 0 saturated carbocycles. The number of rotatable bonds is 2.